The van der Waals surface area contributed by atoms with Crippen LogP contribution in [0.4, 0.5) is 6.01 Å². The van der Waals surface area contributed by atoms with E-state index in [4.69, 9.17) is 15.3 Å². The van der Waals surface area contributed by atoms with Gasteiger partial charge in [0.25, 0.3) is 6.01 Å². The highest BCUT2D eigenvalue weighted by Crippen LogP contribution is 2.23. The topological polar surface area (TPSA) is 110 Å². The predicted octanol–water partition coefficient (Wildman–Crippen LogP) is 1.47. The van der Waals surface area contributed by atoms with E-state index in [-0.39, 0.29) is 24.0 Å². The molecular formula is C14H17N3O4. The van der Waals surface area contributed by atoms with E-state index >= 15 is 0 Å². The van der Waals surface area contributed by atoms with Gasteiger partial charge < -0.3 is 20.2 Å². The molecule has 0 saturated carbocycles. The summed E-state index contributed by atoms with van der Waals surface area (Å²) in [5.74, 6) is -1.23. The molecule has 2 rings (SSSR count). The van der Waals surface area contributed by atoms with Crippen molar-refractivity contribution in [3.63, 3.8) is 0 Å². The van der Waals surface area contributed by atoms with Crippen LogP contribution < -0.4 is 10.6 Å². The summed E-state index contributed by atoms with van der Waals surface area (Å²) in [4.78, 5) is 28.0. The first-order chi connectivity index (χ1) is 9.86. The van der Waals surface area contributed by atoms with Crippen molar-refractivity contribution >= 4 is 29.0 Å². The Morgan fingerprint density at radius 3 is 2.71 bits per heavy atom. The Morgan fingerprint density at radius 2 is 2.14 bits per heavy atom. The Balaban J connectivity index is 2.38. The van der Waals surface area contributed by atoms with E-state index in [9.17, 15) is 9.59 Å². The maximum absolute atomic E-state index is 11.2. The minimum absolute atomic E-state index is 0.00318. The quantitative estimate of drug-likeness (QED) is 0.834. The van der Waals surface area contributed by atoms with Crippen molar-refractivity contribution in [2.24, 2.45) is 11.7 Å². The normalized spacial score (nSPS) is 11.0. The summed E-state index contributed by atoms with van der Waals surface area (Å²) >= 11 is 0. The SMILES string of the molecule is CC(C)CN(CC(N)=O)c1nc2ccc(C(=O)O)cc2o1. The van der Waals surface area contributed by atoms with Crippen LogP contribution >= 0.6 is 0 Å². The number of carboxylic acid groups (broad SMARTS) is 1. The maximum atomic E-state index is 11.2. The molecule has 0 fully saturated rings. The lowest BCUT2D eigenvalue weighted by Crippen LogP contribution is -2.36. The second kappa shape index (κ2) is 5.82. The molecule has 0 bridgehead atoms. The number of primary amides is 1. The predicted molar refractivity (Wildman–Crippen MR) is 77.2 cm³/mol. The molecular weight excluding hydrogens is 274 g/mol. The Morgan fingerprint density at radius 1 is 1.43 bits per heavy atom. The number of carbonyl (C=O) groups is 2. The lowest BCUT2D eigenvalue weighted by atomic mass is 10.2. The van der Waals surface area contributed by atoms with E-state index in [0.717, 1.165) is 0 Å². The van der Waals surface area contributed by atoms with E-state index in [1.165, 1.54) is 12.1 Å². The van der Waals surface area contributed by atoms with Gasteiger partial charge in [0.2, 0.25) is 5.91 Å². The third-order valence-electron chi connectivity index (χ3n) is 2.83. The molecule has 2 aromatic rings. The van der Waals surface area contributed by atoms with Crippen molar-refractivity contribution in [3.05, 3.63) is 23.8 Å². The minimum Gasteiger partial charge on any atom is -0.478 e. The van der Waals surface area contributed by atoms with Gasteiger partial charge in [-0.3, -0.25) is 4.79 Å². The number of carboxylic acids is 1. The Bertz CT molecular complexity index is 678. The maximum Gasteiger partial charge on any atom is 0.335 e. The van der Waals surface area contributed by atoms with Crippen LogP contribution in [0.1, 0.15) is 24.2 Å². The highest BCUT2D eigenvalue weighted by Gasteiger charge is 2.18. The summed E-state index contributed by atoms with van der Waals surface area (Å²) in [6.45, 7) is 4.55. The molecule has 0 aliphatic rings. The van der Waals surface area contributed by atoms with Crippen molar-refractivity contribution in [3.8, 4) is 0 Å². The van der Waals surface area contributed by atoms with Gasteiger partial charge in [-0.05, 0) is 24.1 Å². The van der Waals surface area contributed by atoms with Crippen molar-refractivity contribution in [2.45, 2.75) is 13.8 Å². The van der Waals surface area contributed by atoms with Crippen LogP contribution in [0.5, 0.6) is 0 Å². The van der Waals surface area contributed by atoms with E-state index in [1.807, 2.05) is 13.8 Å². The van der Waals surface area contributed by atoms with Crippen LogP contribution in [0.15, 0.2) is 22.6 Å². The number of benzene rings is 1. The molecule has 0 unspecified atom stereocenters. The van der Waals surface area contributed by atoms with Crippen LogP contribution in [-0.2, 0) is 4.79 Å². The highest BCUT2D eigenvalue weighted by molar-refractivity contribution is 5.92. The van der Waals surface area contributed by atoms with Crippen molar-refractivity contribution in [2.75, 3.05) is 18.0 Å². The second-order valence-electron chi connectivity index (χ2n) is 5.22. The number of hydrogen-bond acceptors (Lipinski definition) is 5. The molecule has 7 heteroatoms. The summed E-state index contributed by atoms with van der Waals surface area (Å²) in [7, 11) is 0. The molecule has 0 saturated heterocycles. The average molecular weight is 291 g/mol. The number of fused-ring (bicyclic) bond motifs is 1. The lowest BCUT2D eigenvalue weighted by molar-refractivity contribution is -0.116. The van der Waals surface area contributed by atoms with Crippen molar-refractivity contribution in [1.29, 1.82) is 0 Å². The standard InChI is InChI=1S/C14H17N3O4/c1-8(2)6-17(7-12(15)18)14-16-10-4-3-9(13(19)20)5-11(10)21-14/h3-5,8H,6-7H2,1-2H3,(H2,15,18)(H,19,20). The third kappa shape index (κ3) is 3.50. The number of aromatic nitrogens is 1. The molecule has 0 aliphatic heterocycles. The molecule has 1 aromatic carbocycles. The fraction of sp³-hybridized carbons (Fsp3) is 0.357. The zero-order valence-corrected chi connectivity index (χ0v) is 11.9. The van der Waals surface area contributed by atoms with Crippen LogP contribution in [0, 0.1) is 5.92 Å². The first kappa shape index (κ1) is 14.8. The van der Waals surface area contributed by atoms with Gasteiger partial charge in [0, 0.05) is 6.54 Å². The van der Waals surface area contributed by atoms with E-state index in [2.05, 4.69) is 4.98 Å². The molecule has 0 radical (unpaired) electrons. The first-order valence-corrected chi connectivity index (χ1v) is 6.54. The molecule has 21 heavy (non-hydrogen) atoms. The van der Waals surface area contributed by atoms with Crippen LogP contribution in [0.3, 0.4) is 0 Å². The summed E-state index contributed by atoms with van der Waals surface area (Å²) in [5.41, 5.74) is 6.26. The second-order valence-corrected chi connectivity index (χ2v) is 5.22. The molecule has 0 spiro atoms. The Labute approximate surface area is 121 Å². The monoisotopic (exact) mass is 291 g/mol. The van der Waals surface area contributed by atoms with Gasteiger partial charge >= 0.3 is 5.97 Å². The number of nitrogens with zero attached hydrogens (tertiary/aromatic N) is 2. The summed E-state index contributed by atoms with van der Waals surface area (Å²) < 4.78 is 5.57. The largest absolute Gasteiger partial charge is 0.478 e. The van der Waals surface area contributed by atoms with Crippen LogP contribution in [-0.4, -0.2) is 35.1 Å². The Kier molecular flexibility index (Phi) is 4.11. The Hall–Kier alpha value is -2.57. The number of hydrogen-bond donors (Lipinski definition) is 2. The number of nitrogens with two attached hydrogens (primary N) is 1. The van der Waals surface area contributed by atoms with Gasteiger partial charge in [0.1, 0.15) is 12.1 Å². The van der Waals surface area contributed by atoms with Crippen LogP contribution in [0.25, 0.3) is 11.1 Å². The number of aromatic carboxylic acids is 1. The highest BCUT2D eigenvalue weighted by atomic mass is 16.4. The number of amides is 1. The number of carbonyl (C=O) groups excluding carboxylic acids is 1. The van der Waals surface area contributed by atoms with E-state index in [1.54, 1.807) is 11.0 Å². The van der Waals surface area contributed by atoms with Gasteiger partial charge in [-0.25, -0.2) is 4.79 Å². The van der Waals surface area contributed by atoms with Gasteiger partial charge in [-0.2, -0.15) is 4.98 Å². The van der Waals surface area contributed by atoms with E-state index < -0.39 is 11.9 Å². The molecule has 0 aliphatic carbocycles. The summed E-state index contributed by atoms with van der Waals surface area (Å²) in [6, 6.07) is 4.70. The van der Waals surface area contributed by atoms with Crippen molar-refractivity contribution in [1.82, 2.24) is 4.98 Å². The third-order valence-corrected chi connectivity index (χ3v) is 2.83. The lowest BCUT2D eigenvalue weighted by Gasteiger charge is -2.20. The molecule has 1 heterocycles. The molecule has 1 amide bonds. The fourth-order valence-electron chi connectivity index (χ4n) is 2.02. The number of oxazole rings is 1. The molecule has 112 valence electrons. The fourth-order valence-corrected chi connectivity index (χ4v) is 2.02. The van der Waals surface area contributed by atoms with Gasteiger partial charge in [-0.15, -0.1) is 0 Å². The molecule has 7 nitrogen and oxygen atoms in total. The zero-order chi connectivity index (χ0) is 15.6. The van der Waals surface area contributed by atoms with E-state index in [0.29, 0.717) is 17.6 Å². The summed E-state index contributed by atoms with van der Waals surface area (Å²) in [6.07, 6.45) is 0. The minimum atomic E-state index is -1.04. The molecule has 1 aromatic heterocycles. The molecule has 0 atom stereocenters. The number of rotatable bonds is 6. The first-order valence-electron chi connectivity index (χ1n) is 6.54. The average Bonchev–Trinajstić information content (AvgIpc) is 2.79. The van der Waals surface area contributed by atoms with Crippen molar-refractivity contribution < 1.29 is 19.1 Å². The number of anilines is 1. The van der Waals surface area contributed by atoms with Gasteiger partial charge in [0.15, 0.2) is 5.58 Å². The van der Waals surface area contributed by atoms with Gasteiger partial charge in [-0.1, -0.05) is 13.8 Å². The molecule has 3 N–H and O–H groups in total. The smallest absolute Gasteiger partial charge is 0.335 e. The summed E-state index contributed by atoms with van der Waals surface area (Å²) in [5, 5.41) is 8.96. The van der Waals surface area contributed by atoms with Gasteiger partial charge in [0.05, 0.1) is 5.56 Å². The zero-order valence-electron chi connectivity index (χ0n) is 11.9. The van der Waals surface area contributed by atoms with Crippen LogP contribution in [0.2, 0.25) is 0 Å².